The molecule has 6 aliphatic heterocycles. The number of nitrogens with zero attached hydrogens (tertiary/aromatic N) is 12. The van der Waals surface area contributed by atoms with Crippen LogP contribution in [-0.2, 0) is 61.3 Å². The van der Waals surface area contributed by atoms with Crippen LogP contribution in [0.25, 0.3) is 33.8 Å². The molecule has 1 radical (unpaired) electrons. The Morgan fingerprint density at radius 1 is 0.631 bits per heavy atom. The average Bonchev–Trinajstić information content (AvgIpc) is 1.58. The summed E-state index contributed by atoms with van der Waals surface area (Å²) in [6.07, 6.45) is -7.76. The van der Waals surface area contributed by atoms with E-state index in [1.807, 2.05) is 23.3 Å². The van der Waals surface area contributed by atoms with Gasteiger partial charge in [-0.2, -0.15) is 46.4 Å². The normalized spacial score (nSPS) is 21.0. The standard InChI is InChI=1S/C26H25F3N4O3S.C20H19F3N4O.C18H17F3N4O.C5H11N3.C2H3I3.C2H4I.I3.V/c1-16-14-20(17-8-10-18(11-9-17)26(27,28)29)31-23(30-16)22-21(37(35,36)19-6-4-3-5-7-19)15-25(32-22)12-13-33(2)24(25)34;1-12-11-16(13-3-5-14(6-4-13)20(21,22)23)25-17(24-12)15-7-8-19(26-15)9-10-27(2)18(19)28;1-11-9-15(12-3-5-13(6-4-12)18(19,20)21)24-16(23-11)10-22-14-7-8-25(2)17(14)26;1-8-3-2-4(6)5(8)7;1-2(3,4)5;1-2-3;1-3-2;/h3-11,14,21-22,32H,12-13,15H2,1-2H3;3-6,11H,7-10H2,1-2H3;3-6,9-10,14H,7-8H2,1-2H3;4,7H,2-3,6H2,1H3;1H3;2H,1H3;;/q;;;;;2*-1;. The predicted octanol–water partition coefficient (Wildman–Crippen LogP) is 13.7. The number of amides is 3. The van der Waals surface area contributed by atoms with Crippen molar-refractivity contribution in [1.82, 2.24) is 54.8 Å². The number of likely N-dealkylation sites (N-methyl/N-ethyl adjacent to an activating group) is 4. The maximum atomic E-state index is 13.8. The molecule has 38 heteroatoms. The van der Waals surface area contributed by atoms with Crippen molar-refractivity contribution >= 4 is 173 Å². The van der Waals surface area contributed by atoms with Crippen LogP contribution in [-0.4, -0.2) is 176 Å². The zero-order valence-electron chi connectivity index (χ0n) is 61.2. The first-order valence-corrected chi connectivity index (χ1v) is 52.4. The molecule has 20 nitrogen and oxygen atoms in total. The monoisotopic (exact) mass is 2390 g/mol. The smallest absolute Gasteiger partial charge is 0 e. The van der Waals surface area contributed by atoms with Crippen molar-refractivity contribution in [3.8, 4) is 33.8 Å². The van der Waals surface area contributed by atoms with E-state index in [4.69, 9.17) is 16.1 Å². The number of rotatable bonds is 9. The van der Waals surface area contributed by atoms with Gasteiger partial charge in [0.25, 0.3) is 0 Å². The molecule has 6 atom stereocenters. The van der Waals surface area contributed by atoms with Crippen molar-refractivity contribution < 1.29 is 94.1 Å². The minimum absolute atomic E-state index is 0. The van der Waals surface area contributed by atoms with Gasteiger partial charge in [0, 0.05) is 107 Å². The molecule has 6 unspecified atom stereocenters. The second-order valence-corrected chi connectivity index (χ2v) is 58.7. The molecule has 9 heterocycles. The first kappa shape index (κ1) is 96.1. The zero-order chi connectivity index (χ0) is 81.6. The molecule has 4 N–H and O–H groups in total. The van der Waals surface area contributed by atoms with Crippen LogP contribution in [0.1, 0.15) is 116 Å². The van der Waals surface area contributed by atoms with Gasteiger partial charge in [0.05, 0.1) is 67.9 Å². The molecular weight excluding hydrogens is 2310 g/mol. The van der Waals surface area contributed by atoms with Crippen molar-refractivity contribution in [2.75, 3.05) is 54.4 Å². The Kier molecular flexibility index (Phi) is 36.0. The number of likely N-dealkylation sites (tertiary alicyclic amines) is 4. The quantitative estimate of drug-likeness (QED) is 0.0399. The van der Waals surface area contributed by atoms with E-state index in [0.29, 0.717) is 138 Å². The summed E-state index contributed by atoms with van der Waals surface area (Å²) in [7, 11) is 3.19. The van der Waals surface area contributed by atoms with E-state index in [1.54, 1.807) is 93.0 Å². The minimum atomic E-state index is -4.46. The van der Waals surface area contributed by atoms with Crippen LogP contribution in [0, 0.1) is 30.6 Å². The summed E-state index contributed by atoms with van der Waals surface area (Å²) in [4.78, 5) is 80.0. The second kappa shape index (κ2) is 41.6. The van der Waals surface area contributed by atoms with Gasteiger partial charge < -0.3 is 47.9 Å². The molecule has 2 spiro atoms. The summed E-state index contributed by atoms with van der Waals surface area (Å²) in [5.41, 5.74) is 7.07. The van der Waals surface area contributed by atoms with Crippen molar-refractivity contribution in [2.45, 2.75) is 137 Å². The number of amidine groups is 1. The minimum Gasteiger partial charge on any atom is 0 e. The van der Waals surface area contributed by atoms with Gasteiger partial charge in [0.15, 0.2) is 21.5 Å². The first-order valence-electron chi connectivity index (χ1n) is 33.8. The van der Waals surface area contributed by atoms with Crippen molar-refractivity contribution in [1.29, 1.82) is 5.41 Å². The number of aryl methyl sites for hydroxylation is 3. The van der Waals surface area contributed by atoms with Crippen molar-refractivity contribution in [3.63, 3.8) is 0 Å². The van der Waals surface area contributed by atoms with Crippen LogP contribution < -0.4 is 24.3 Å². The summed E-state index contributed by atoms with van der Waals surface area (Å²) in [5, 5.41) is 9.52. The molecule has 13 rings (SSSR count). The molecule has 0 bridgehead atoms. The summed E-state index contributed by atoms with van der Waals surface area (Å²) in [6, 6.07) is 26.1. The maximum Gasteiger partial charge on any atom is 0 e. The molecule has 0 aliphatic carbocycles. The fraction of sp³-hybridized carbons (Fsp3) is 0.411. The second-order valence-electron chi connectivity index (χ2n) is 26.4. The molecule has 7 aromatic rings. The molecular formula is C73H79F9I7N15O5SV-2. The Bertz CT molecular complexity index is 4530. The number of hydrogen-bond donors (Lipinski definition) is 3. The molecule has 111 heavy (non-hydrogen) atoms. The molecule has 4 aromatic carbocycles. The van der Waals surface area contributed by atoms with Gasteiger partial charge in [0.1, 0.15) is 28.2 Å². The Hall–Kier alpha value is -3.73. The number of aliphatic imine (C=N–C) groups is 2. The van der Waals surface area contributed by atoms with Gasteiger partial charge in [-0.1, -0.05) is 122 Å². The summed E-state index contributed by atoms with van der Waals surface area (Å²) in [6.45, 7) is 12.2. The number of aromatic nitrogens is 6. The van der Waals surface area contributed by atoms with Gasteiger partial charge in [-0.15, -0.1) is 0 Å². The molecule has 6 aliphatic rings. The van der Waals surface area contributed by atoms with Crippen LogP contribution in [0.15, 0.2) is 136 Å². The number of sulfone groups is 1. The summed E-state index contributed by atoms with van der Waals surface area (Å²) in [5.74, 6) is 1.31. The number of alkyl halides is 12. The third-order valence-electron chi connectivity index (χ3n) is 18.1. The Morgan fingerprint density at radius 3 is 1.48 bits per heavy atom. The molecule has 3 amide bonds. The molecule has 3 aromatic heterocycles. The molecule has 5 saturated heterocycles. The van der Waals surface area contributed by atoms with E-state index < -0.39 is 73.5 Å². The van der Waals surface area contributed by atoms with Crippen LogP contribution in [0.4, 0.5) is 39.5 Å². The maximum absolute atomic E-state index is 13.8. The number of nitrogens with two attached hydrogens (primary N) is 1. The van der Waals surface area contributed by atoms with E-state index in [-0.39, 0.29) is 59.5 Å². The van der Waals surface area contributed by atoms with Gasteiger partial charge in [-0.25, -0.2) is 38.3 Å². The summed E-state index contributed by atoms with van der Waals surface area (Å²) >= 11 is 14.5. The average molecular weight is 2390 g/mol. The Morgan fingerprint density at radius 2 is 1.07 bits per heavy atom. The molecule has 0 saturated carbocycles. The van der Waals surface area contributed by atoms with Crippen molar-refractivity contribution in [2.24, 2.45) is 15.7 Å². The third kappa shape index (κ3) is 26.6. The third-order valence-corrected chi connectivity index (χ3v) is 20.3. The fourth-order valence-electron chi connectivity index (χ4n) is 12.6. The van der Waals surface area contributed by atoms with E-state index in [2.05, 4.69) is 175 Å². The fourth-order valence-corrected chi connectivity index (χ4v) is 14.5. The zero-order valence-corrected chi connectivity index (χ0v) is 78.5. The van der Waals surface area contributed by atoms with Gasteiger partial charge >= 0.3 is 69.0 Å². The van der Waals surface area contributed by atoms with Crippen LogP contribution in [0.2, 0.25) is 0 Å². The predicted molar refractivity (Wildman–Crippen MR) is 454 cm³/mol. The van der Waals surface area contributed by atoms with E-state index in [0.717, 1.165) is 49.4 Å². The number of halogens is 16. The van der Waals surface area contributed by atoms with Gasteiger partial charge in [0.2, 0.25) is 17.7 Å². The first-order chi connectivity index (χ1) is 51.4. The van der Waals surface area contributed by atoms with Crippen LogP contribution in [0.5, 0.6) is 0 Å². The van der Waals surface area contributed by atoms with Gasteiger partial charge in [-0.3, -0.25) is 39.5 Å². The SMILES string of the molecule is CC(I)(I)I.CN1CCC(N)C1=N.C[CH-]I.Cc1cc(-c2ccc(C(F)(F)F)cc2)nc(C2=NC3(CC2)CCN(C)C3=O)n1.Cc1cc(-c2ccc(C(F)(F)F)cc2)nc(C2NC3(CCN(C)C3=O)CC2S(=O)(=O)c2ccccc2)n1.Cc1cc(-c2ccc(C(F)(F)F)cc2)nc(C=NC2CCN(C)C2=O)n1.I[I-]I.[V]. The Labute approximate surface area is 736 Å². The summed E-state index contributed by atoms with van der Waals surface area (Å²) < 4.78 is 145. The largest absolute Gasteiger partial charge is 0 e. The number of hydrogen-bond acceptors (Lipinski definition) is 16. The number of carbonyl (C=O) groups is 3. The Balaban J connectivity index is 0.000000234. The van der Waals surface area contributed by atoms with Crippen LogP contribution in [0.3, 0.4) is 0 Å². The molecule has 5 fully saturated rings. The van der Waals surface area contributed by atoms with E-state index >= 15 is 0 Å². The molecule has 601 valence electrons. The van der Waals surface area contributed by atoms with E-state index in [1.165, 1.54) is 54.7 Å². The number of nitrogens with one attached hydrogen (secondary N) is 2. The van der Waals surface area contributed by atoms with E-state index in [9.17, 15) is 62.3 Å². The van der Waals surface area contributed by atoms with Crippen molar-refractivity contribution in [3.05, 3.63) is 177 Å². The number of benzene rings is 4. The van der Waals surface area contributed by atoms with Crippen LogP contribution >= 0.6 is 128 Å². The van der Waals surface area contributed by atoms with Gasteiger partial charge in [-0.05, 0) is 139 Å². The number of carbonyl (C=O) groups excluding carboxylic acids is 3. The topological polar surface area (TPSA) is 262 Å².